The number of thioether (sulfide) groups is 1. The molecule has 1 aromatic rings. The average molecular weight is 648 g/mol. The highest BCUT2D eigenvalue weighted by atomic mass is 127. The van der Waals surface area contributed by atoms with Gasteiger partial charge in [0, 0.05) is 13.1 Å². The third kappa shape index (κ3) is 3.72. The van der Waals surface area contributed by atoms with Gasteiger partial charge in [-0.2, -0.15) is 0 Å². The Morgan fingerprint density at radius 3 is 2.07 bits per heavy atom. The lowest BCUT2D eigenvalue weighted by molar-refractivity contribution is 0.396. The Bertz CT molecular complexity index is 916. The molecule has 0 saturated heterocycles. The van der Waals surface area contributed by atoms with Crippen LogP contribution >= 0.6 is 69.4 Å². The quantitative estimate of drug-likeness (QED) is 0.423. The summed E-state index contributed by atoms with van der Waals surface area (Å²) in [7, 11) is 3.22. The number of fused-ring (bicyclic) bond motifs is 1. The fourth-order valence-corrected chi connectivity index (χ4v) is 5.61. The van der Waals surface area contributed by atoms with E-state index in [9.17, 15) is 0 Å². The molecule has 2 aliphatic rings. The summed E-state index contributed by atoms with van der Waals surface area (Å²) in [6.07, 6.45) is 0. The molecule has 0 bridgehead atoms. The maximum absolute atomic E-state index is 8.47. The zero-order valence-electron chi connectivity index (χ0n) is 15.7. The molecule has 11 heteroatoms. The lowest BCUT2D eigenvalue weighted by Gasteiger charge is -2.19. The van der Waals surface area contributed by atoms with Gasteiger partial charge >= 0.3 is 0 Å². The third-order valence-electron chi connectivity index (χ3n) is 4.33. The van der Waals surface area contributed by atoms with Crippen molar-refractivity contribution in [2.24, 2.45) is 4.99 Å². The summed E-state index contributed by atoms with van der Waals surface area (Å²) in [4.78, 5) is 7.24. The first-order chi connectivity index (χ1) is 12.9. The van der Waals surface area contributed by atoms with E-state index in [4.69, 9.17) is 20.3 Å². The standard InChI is InChI=1S/C17H19I2N5O2S.ClH/c1-5-24(6-2)17-23-16(21)14(27-17)11-7-8(15(20)22-11)13(26-4)10(19)9(18)12(7)25-3;/h21H,5-6H2,1-4H3,(H2,20,22);1H/b14-11+,21-16?;. The number of benzene rings is 1. The van der Waals surface area contributed by atoms with Crippen molar-refractivity contribution >= 4 is 91.9 Å². The summed E-state index contributed by atoms with van der Waals surface area (Å²) in [5, 5.41) is 20.8. The van der Waals surface area contributed by atoms with E-state index in [1.807, 2.05) is 0 Å². The molecular formula is C17H20ClI2N5O2S. The van der Waals surface area contributed by atoms with Crippen molar-refractivity contribution in [1.29, 1.82) is 10.8 Å². The van der Waals surface area contributed by atoms with Crippen LogP contribution in [0, 0.1) is 18.0 Å². The van der Waals surface area contributed by atoms with Gasteiger partial charge in [-0.25, -0.2) is 4.99 Å². The van der Waals surface area contributed by atoms with E-state index in [0.717, 1.165) is 31.0 Å². The number of ether oxygens (including phenoxy) is 2. The largest absolute Gasteiger partial charge is 0.495 e. The van der Waals surface area contributed by atoms with E-state index in [1.54, 1.807) is 14.2 Å². The van der Waals surface area contributed by atoms with Crippen LogP contribution in [0.25, 0.3) is 5.70 Å². The summed E-state index contributed by atoms with van der Waals surface area (Å²) >= 11 is 5.89. The number of amidine groups is 3. The van der Waals surface area contributed by atoms with Crippen molar-refractivity contribution in [1.82, 2.24) is 10.2 Å². The molecule has 1 aromatic carbocycles. The fourth-order valence-electron chi connectivity index (χ4n) is 3.03. The highest BCUT2D eigenvalue weighted by molar-refractivity contribution is 14.1. The first kappa shape index (κ1) is 23.5. The summed E-state index contributed by atoms with van der Waals surface area (Å²) in [5.74, 6) is 1.75. The molecule has 152 valence electrons. The van der Waals surface area contributed by atoms with Crippen molar-refractivity contribution in [3.8, 4) is 11.5 Å². The van der Waals surface area contributed by atoms with E-state index in [-0.39, 0.29) is 24.1 Å². The minimum Gasteiger partial charge on any atom is -0.495 e. The monoisotopic (exact) mass is 647 g/mol. The molecule has 7 nitrogen and oxygen atoms in total. The highest BCUT2D eigenvalue weighted by Crippen LogP contribution is 2.48. The summed E-state index contributed by atoms with van der Waals surface area (Å²) < 4.78 is 13.1. The molecule has 28 heavy (non-hydrogen) atoms. The molecule has 0 spiro atoms. The maximum atomic E-state index is 8.47. The molecule has 0 fully saturated rings. The molecule has 0 unspecified atom stereocenters. The lowest BCUT2D eigenvalue weighted by Crippen LogP contribution is -2.27. The Kier molecular flexibility index (Phi) is 7.90. The number of methoxy groups -OCH3 is 2. The van der Waals surface area contributed by atoms with Crippen LogP contribution in [0.5, 0.6) is 11.5 Å². The highest BCUT2D eigenvalue weighted by Gasteiger charge is 2.37. The van der Waals surface area contributed by atoms with Crippen LogP contribution in [0.2, 0.25) is 0 Å². The normalized spacial score (nSPS) is 17.7. The van der Waals surface area contributed by atoms with E-state index < -0.39 is 0 Å². The summed E-state index contributed by atoms with van der Waals surface area (Å²) in [6.45, 7) is 5.78. The molecule has 0 amide bonds. The van der Waals surface area contributed by atoms with Gasteiger partial charge in [-0.1, -0.05) is 0 Å². The minimum absolute atomic E-state index is 0. The number of aliphatic imine (C=N–C) groups is 1. The van der Waals surface area contributed by atoms with Gasteiger partial charge in [-0.3, -0.25) is 10.8 Å². The van der Waals surface area contributed by atoms with Crippen LogP contribution in [-0.2, 0) is 0 Å². The second-order valence-corrected chi connectivity index (χ2v) is 8.80. The molecule has 2 heterocycles. The first-order valence-electron chi connectivity index (χ1n) is 8.23. The third-order valence-corrected chi connectivity index (χ3v) is 8.55. The van der Waals surface area contributed by atoms with Crippen molar-refractivity contribution in [2.75, 3.05) is 27.3 Å². The van der Waals surface area contributed by atoms with E-state index in [0.29, 0.717) is 27.7 Å². The zero-order chi connectivity index (χ0) is 19.9. The van der Waals surface area contributed by atoms with Gasteiger partial charge in [0.05, 0.1) is 43.1 Å². The van der Waals surface area contributed by atoms with Crippen LogP contribution in [-0.4, -0.2) is 49.0 Å². The molecule has 2 aliphatic heterocycles. The second-order valence-electron chi connectivity index (χ2n) is 5.67. The Labute approximate surface area is 201 Å². The number of rotatable bonds is 4. The Balaban J connectivity index is 0.00000280. The molecule has 0 aliphatic carbocycles. The number of nitrogens with zero attached hydrogens (tertiary/aromatic N) is 2. The van der Waals surface area contributed by atoms with Crippen molar-refractivity contribution < 1.29 is 9.47 Å². The van der Waals surface area contributed by atoms with Crippen LogP contribution < -0.4 is 14.8 Å². The molecule has 0 atom stereocenters. The van der Waals surface area contributed by atoms with Gasteiger partial charge in [0.25, 0.3) is 0 Å². The van der Waals surface area contributed by atoms with Crippen LogP contribution in [0.3, 0.4) is 0 Å². The van der Waals surface area contributed by atoms with Gasteiger partial charge in [-0.05, 0) is 70.8 Å². The predicted octanol–water partition coefficient (Wildman–Crippen LogP) is 4.35. The zero-order valence-corrected chi connectivity index (χ0v) is 21.6. The molecular weight excluding hydrogens is 628 g/mol. The van der Waals surface area contributed by atoms with Gasteiger partial charge < -0.3 is 19.7 Å². The molecule has 3 N–H and O–H groups in total. The number of nitrogens with one attached hydrogen (secondary N) is 3. The van der Waals surface area contributed by atoms with E-state index >= 15 is 0 Å². The lowest BCUT2D eigenvalue weighted by atomic mass is 10.0. The number of hydrogen-bond donors (Lipinski definition) is 3. The van der Waals surface area contributed by atoms with E-state index in [2.05, 4.69) is 74.2 Å². The molecule has 0 aromatic heterocycles. The molecule has 0 radical (unpaired) electrons. The fraction of sp³-hybridized carbons (Fsp3) is 0.353. The summed E-state index contributed by atoms with van der Waals surface area (Å²) in [5.41, 5.74) is 2.10. The SMILES string of the molecule is CCN(CC)C1=NC(=N)/C(=C2\NC(=N)c3c(OC)c(I)c(I)c(OC)c32)S1.Cl. The van der Waals surface area contributed by atoms with Crippen LogP contribution in [0.4, 0.5) is 0 Å². The summed E-state index contributed by atoms with van der Waals surface area (Å²) in [6, 6.07) is 0. The molecule has 0 saturated carbocycles. The topological polar surface area (TPSA) is 93.8 Å². The Morgan fingerprint density at radius 1 is 1.04 bits per heavy atom. The van der Waals surface area contributed by atoms with E-state index in [1.165, 1.54) is 11.8 Å². The maximum Gasteiger partial charge on any atom is 0.171 e. The van der Waals surface area contributed by atoms with Gasteiger partial charge in [0.1, 0.15) is 17.3 Å². The first-order valence-corrected chi connectivity index (χ1v) is 11.2. The van der Waals surface area contributed by atoms with Crippen molar-refractivity contribution in [3.63, 3.8) is 0 Å². The predicted molar refractivity (Wildman–Crippen MR) is 135 cm³/mol. The van der Waals surface area contributed by atoms with Crippen LogP contribution in [0.15, 0.2) is 9.90 Å². The van der Waals surface area contributed by atoms with Gasteiger partial charge in [-0.15, -0.1) is 12.4 Å². The second kappa shape index (κ2) is 9.39. The Morgan fingerprint density at radius 2 is 1.57 bits per heavy atom. The minimum atomic E-state index is 0. The van der Waals surface area contributed by atoms with Crippen molar-refractivity contribution in [2.45, 2.75) is 13.8 Å². The molecule has 3 rings (SSSR count). The number of halogens is 3. The van der Waals surface area contributed by atoms with Crippen molar-refractivity contribution in [3.05, 3.63) is 23.2 Å². The average Bonchev–Trinajstić information content (AvgIpc) is 3.18. The number of hydrogen-bond acceptors (Lipinski definition) is 6. The van der Waals surface area contributed by atoms with Gasteiger partial charge in [0.15, 0.2) is 11.0 Å². The van der Waals surface area contributed by atoms with Gasteiger partial charge in [0.2, 0.25) is 0 Å². The smallest absolute Gasteiger partial charge is 0.171 e. The Hall–Kier alpha value is -0.730. The van der Waals surface area contributed by atoms with Crippen LogP contribution in [0.1, 0.15) is 25.0 Å².